The molecule has 0 saturated carbocycles. The molecule has 0 radical (unpaired) electrons. The maximum atomic E-state index is 12.1. The number of nitrogens with zero attached hydrogens (tertiary/aromatic N) is 2. The summed E-state index contributed by atoms with van der Waals surface area (Å²) < 4.78 is 5.51. The lowest BCUT2D eigenvalue weighted by Gasteiger charge is -2.29. The van der Waals surface area contributed by atoms with Crippen molar-refractivity contribution in [1.29, 1.82) is 0 Å². The van der Waals surface area contributed by atoms with Crippen molar-refractivity contribution in [3.8, 4) is 5.75 Å². The first-order chi connectivity index (χ1) is 11.8. The van der Waals surface area contributed by atoms with Gasteiger partial charge in [-0.3, -0.25) is 10.2 Å². The van der Waals surface area contributed by atoms with E-state index in [-0.39, 0.29) is 12.1 Å². The number of likely N-dealkylation sites (tertiary alicyclic amines) is 1. The Kier molecular flexibility index (Phi) is 5.66. The first-order valence-electron chi connectivity index (χ1n) is 8.09. The number of amides is 2. The molecule has 0 spiro atoms. The third kappa shape index (κ3) is 4.04. The third-order valence-corrected chi connectivity index (χ3v) is 4.88. The van der Waals surface area contributed by atoms with Gasteiger partial charge in [0.2, 0.25) is 0 Å². The lowest BCUT2D eigenvalue weighted by molar-refractivity contribution is 0.224. The highest BCUT2D eigenvalue weighted by Gasteiger charge is 2.26. The molecule has 1 saturated heterocycles. The average molecular weight is 346 g/mol. The molecule has 0 unspecified atom stereocenters. The number of anilines is 1. The smallest absolute Gasteiger partial charge is 0.321 e. The van der Waals surface area contributed by atoms with E-state index < -0.39 is 0 Å². The molecule has 1 aromatic heterocycles. The lowest BCUT2D eigenvalue weighted by atomic mass is 10.0. The van der Waals surface area contributed by atoms with Crippen molar-refractivity contribution in [3.05, 3.63) is 41.4 Å². The normalized spacial score (nSPS) is 15.9. The topological polar surface area (TPSA) is 66.5 Å². The maximum Gasteiger partial charge on any atom is 0.321 e. The molecule has 2 N–H and O–H groups in total. The number of carbonyl (C=O) groups is 1. The number of urea groups is 1. The molecule has 1 atom stereocenters. The zero-order valence-electron chi connectivity index (χ0n) is 13.7. The predicted octanol–water partition coefficient (Wildman–Crippen LogP) is 3.11. The molecule has 1 aromatic carbocycles. The van der Waals surface area contributed by atoms with Crippen LogP contribution in [0.5, 0.6) is 5.75 Å². The Balaban J connectivity index is 1.69. The van der Waals surface area contributed by atoms with Gasteiger partial charge in [-0.2, -0.15) is 0 Å². The van der Waals surface area contributed by atoms with Crippen LogP contribution < -0.4 is 15.4 Å². The van der Waals surface area contributed by atoms with E-state index in [0.717, 1.165) is 24.4 Å². The first kappa shape index (κ1) is 16.7. The van der Waals surface area contributed by atoms with Gasteiger partial charge in [-0.15, -0.1) is 11.3 Å². The monoisotopic (exact) mass is 346 g/mol. The van der Waals surface area contributed by atoms with E-state index in [9.17, 15) is 4.79 Å². The molecule has 7 heteroatoms. The highest BCUT2D eigenvalue weighted by molar-refractivity contribution is 7.13. The van der Waals surface area contributed by atoms with E-state index in [2.05, 4.69) is 26.6 Å². The summed E-state index contributed by atoms with van der Waals surface area (Å²) in [5.41, 5.74) is 1.11. The fourth-order valence-corrected chi connectivity index (χ4v) is 3.57. The Morgan fingerprint density at radius 1 is 1.38 bits per heavy atom. The second-order valence-electron chi connectivity index (χ2n) is 5.67. The molecule has 6 nitrogen and oxygen atoms in total. The van der Waals surface area contributed by atoms with Gasteiger partial charge in [-0.25, -0.2) is 9.78 Å². The van der Waals surface area contributed by atoms with E-state index in [1.165, 1.54) is 24.2 Å². The van der Waals surface area contributed by atoms with Crippen LogP contribution in [0, 0.1) is 0 Å². The van der Waals surface area contributed by atoms with Crippen LogP contribution in [0.1, 0.15) is 24.4 Å². The van der Waals surface area contributed by atoms with E-state index >= 15 is 0 Å². The van der Waals surface area contributed by atoms with Gasteiger partial charge in [0.15, 0.2) is 5.13 Å². The summed E-state index contributed by atoms with van der Waals surface area (Å²) in [7, 11) is 1.68. The summed E-state index contributed by atoms with van der Waals surface area (Å²) in [6, 6.07) is 7.88. The molecule has 1 aliphatic heterocycles. The number of hydrogen-bond acceptors (Lipinski definition) is 5. The van der Waals surface area contributed by atoms with Crippen LogP contribution in [0.2, 0.25) is 0 Å². The van der Waals surface area contributed by atoms with Gasteiger partial charge in [-0.05, 0) is 32.0 Å². The van der Waals surface area contributed by atoms with Crippen LogP contribution >= 0.6 is 11.3 Å². The molecule has 24 heavy (non-hydrogen) atoms. The van der Waals surface area contributed by atoms with E-state index in [1.807, 2.05) is 23.6 Å². The van der Waals surface area contributed by atoms with Gasteiger partial charge >= 0.3 is 6.03 Å². The van der Waals surface area contributed by atoms with Gasteiger partial charge in [0, 0.05) is 23.7 Å². The van der Waals surface area contributed by atoms with Gasteiger partial charge < -0.3 is 10.1 Å². The first-order valence-corrected chi connectivity index (χ1v) is 8.97. The lowest BCUT2D eigenvalue weighted by Crippen LogP contribution is -2.38. The Morgan fingerprint density at radius 3 is 2.88 bits per heavy atom. The molecular weight excluding hydrogens is 324 g/mol. The van der Waals surface area contributed by atoms with Crippen LogP contribution in [0.15, 0.2) is 35.8 Å². The molecule has 2 aromatic rings. The zero-order valence-corrected chi connectivity index (χ0v) is 14.5. The molecule has 1 aliphatic rings. The second kappa shape index (κ2) is 8.12. The summed E-state index contributed by atoms with van der Waals surface area (Å²) in [6.45, 7) is 2.61. The summed E-state index contributed by atoms with van der Waals surface area (Å²) in [4.78, 5) is 18.6. The molecule has 0 aliphatic carbocycles. The Morgan fingerprint density at radius 2 is 2.17 bits per heavy atom. The van der Waals surface area contributed by atoms with Crippen molar-refractivity contribution in [1.82, 2.24) is 15.2 Å². The summed E-state index contributed by atoms with van der Waals surface area (Å²) >= 11 is 1.40. The van der Waals surface area contributed by atoms with Crippen molar-refractivity contribution in [2.75, 3.05) is 32.1 Å². The van der Waals surface area contributed by atoms with Crippen LogP contribution in [-0.2, 0) is 0 Å². The molecular formula is C17H22N4O2S. The molecule has 2 amide bonds. The summed E-state index contributed by atoms with van der Waals surface area (Å²) in [5.74, 6) is 0.858. The average Bonchev–Trinajstić information content (AvgIpc) is 3.29. The van der Waals surface area contributed by atoms with Gasteiger partial charge in [0.05, 0.1) is 13.2 Å². The number of nitrogens with one attached hydrogen (secondary N) is 2. The maximum absolute atomic E-state index is 12.1. The quantitative estimate of drug-likeness (QED) is 0.843. The highest BCUT2D eigenvalue weighted by Crippen LogP contribution is 2.31. The van der Waals surface area contributed by atoms with Crippen LogP contribution in [0.25, 0.3) is 0 Å². The minimum atomic E-state index is -0.232. The zero-order chi connectivity index (χ0) is 16.8. The number of carbonyl (C=O) groups excluding carboxylic acids is 1. The van der Waals surface area contributed by atoms with E-state index in [0.29, 0.717) is 11.7 Å². The Hall–Kier alpha value is -2.12. The summed E-state index contributed by atoms with van der Waals surface area (Å²) in [5, 5.41) is 8.15. The Bertz CT molecular complexity index is 656. The highest BCUT2D eigenvalue weighted by atomic mass is 32.1. The minimum absolute atomic E-state index is 0.102. The van der Waals surface area contributed by atoms with Crippen molar-refractivity contribution < 1.29 is 9.53 Å². The predicted molar refractivity (Wildman–Crippen MR) is 95.7 cm³/mol. The van der Waals surface area contributed by atoms with Crippen molar-refractivity contribution in [3.63, 3.8) is 0 Å². The largest absolute Gasteiger partial charge is 0.496 e. The fourth-order valence-electron chi connectivity index (χ4n) is 3.05. The number of rotatable bonds is 6. The van der Waals surface area contributed by atoms with E-state index in [4.69, 9.17) is 4.74 Å². The van der Waals surface area contributed by atoms with Crippen molar-refractivity contribution in [2.45, 2.75) is 18.9 Å². The second-order valence-corrected chi connectivity index (χ2v) is 6.57. The number of benzene rings is 1. The number of para-hydroxylation sites is 1. The number of hydrogen-bond donors (Lipinski definition) is 2. The van der Waals surface area contributed by atoms with Crippen molar-refractivity contribution in [2.24, 2.45) is 0 Å². The van der Waals surface area contributed by atoms with Crippen LogP contribution in [0.4, 0.5) is 9.93 Å². The standard InChI is InChI=1S/C17H22N4O2S/c1-23-15-7-3-2-6-13(15)14(21-9-4-5-10-21)12-19-16(22)20-17-18-8-11-24-17/h2-3,6-8,11,14H,4-5,9-10,12H2,1H3,(H2,18,19,20,22)/t14-/m1/s1. The molecule has 0 bridgehead atoms. The third-order valence-electron chi connectivity index (χ3n) is 4.19. The number of ether oxygens (including phenoxy) is 1. The van der Waals surface area contributed by atoms with E-state index in [1.54, 1.807) is 13.3 Å². The van der Waals surface area contributed by atoms with Gasteiger partial charge in [0.1, 0.15) is 5.75 Å². The van der Waals surface area contributed by atoms with Gasteiger partial charge in [0.25, 0.3) is 0 Å². The summed E-state index contributed by atoms with van der Waals surface area (Å²) in [6.07, 6.45) is 4.05. The van der Waals surface area contributed by atoms with Crippen LogP contribution in [0.3, 0.4) is 0 Å². The van der Waals surface area contributed by atoms with Gasteiger partial charge in [-0.1, -0.05) is 18.2 Å². The number of aromatic nitrogens is 1. The molecule has 2 heterocycles. The number of methoxy groups -OCH3 is 1. The molecule has 128 valence electrons. The Labute approximate surface area is 145 Å². The van der Waals surface area contributed by atoms with Crippen LogP contribution in [-0.4, -0.2) is 42.7 Å². The minimum Gasteiger partial charge on any atom is -0.496 e. The number of thiazole rings is 1. The SMILES string of the molecule is COc1ccccc1[C@@H](CNC(=O)Nc1nccs1)N1CCCC1. The molecule has 1 fully saturated rings. The fraction of sp³-hybridized carbons (Fsp3) is 0.412. The molecule has 3 rings (SSSR count). The van der Waals surface area contributed by atoms with Crippen molar-refractivity contribution >= 4 is 22.5 Å².